The van der Waals surface area contributed by atoms with E-state index >= 15 is 0 Å². The number of para-hydroxylation sites is 1. The number of aryl methyl sites for hydroxylation is 1. The summed E-state index contributed by atoms with van der Waals surface area (Å²) in [7, 11) is 1.72. The average molecular weight is 270 g/mol. The van der Waals surface area contributed by atoms with Crippen LogP contribution < -0.4 is 10.1 Å². The van der Waals surface area contributed by atoms with Crippen molar-refractivity contribution < 1.29 is 4.74 Å². The van der Waals surface area contributed by atoms with E-state index in [2.05, 4.69) is 29.4 Å². The highest BCUT2D eigenvalue weighted by molar-refractivity contribution is 5.33. The molecule has 1 aromatic heterocycles. The van der Waals surface area contributed by atoms with E-state index < -0.39 is 0 Å². The molecule has 0 radical (unpaired) electrons. The molecule has 1 unspecified atom stereocenters. The van der Waals surface area contributed by atoms with Crippen molar-refractivity contribution in [3.63, 3.8) is 0 Å². The van der Waals surface area contributed by atoms with Crippen LogP contribution in [0.1, 0.15) is 23.9 Å². The van der Waals surface area contributed by atoms with Gasteiger partial charge in [0.15, 0.2) is 0 Å². The van der Waals surface area contributed by atoms with Gasteiger partial charge in [-0.05, 0) is 44.0 Å². The second-order valence-electron chi connectivity index (χ2n) is 5.07. The summed E-state index contributed by atoms with van der Waals surface area (Å²) in [6.45, 7) is 4.99. The Bertz CT molecular complexity index is 554. The molecule has 106 valence electrons. The number of pyridine rings is 1. The number of ether oxygens (including phenoxy) is 1. The maximum atomic E-state index is 5.38. The van der Waals surface area contributed by atoms with E-state index in [1.807, 2.05) is 37.3 Å². The maximum absolute atomic E-state index is 5.38. The van der Waals surface area contributed by atoms with Gasteiger partial charge in [-0.15, -0.1) is 0 Å². The van der Waals surface area contributed by atoms with Crippen molar-refractivity contribution in [2.75, 3.05) is 7.11 Å². The van der Waals surface area contributed by atoms with Gasteiger partial charge in [0.1, 0.15) is 5.75 Å². The Hall–Kier alpha value is -1.87. The van der Waals surface area contributed by atoms with E-state index in [1.54, 1.807) is 7.11 Å². The smallest absolute Gasteiger partial charge is 0.122 e. The molecule has 3 nitrogen and oxygen atoms in total. The van der Waals surface area contributed by atoms with Crippen LogP contribution in [0.5, 0.6) is 5.75 Å². The standard InChI is InChI=1S/C17H22N2O/c1-13-7-6-9-16(19-13)12-18-14(2)11-15-8-4-5-10-17(15)20-3/h4-10,14,18H,11-12H2,1-3H3. The lowest BCUT2D eigenvalue weighted by Gasteiger charge is -2.15. The molecule has 0 spiro atoms. The molecular formula is C17H22N2O. The Labute approximate surface area is 121 Å². The van der Waals surface area contributed by atoms with E-state index in [-0.39, 0.29) is 0 Å². The number of rotatable bonds is 6. The van der Waals surface area contributed by atoms with Crippen LogP contribution in [-0.4, -0.2) is 18.1 Å². The molecule has 1 heterocycles. The molecule has 2 rings (SSSR count). The van der Waals surface area contributed by atoms with Gasteiger partial charge >= 0.3 is 0 Å². The molecular weight excluding hydrogens is 248 g/mol. The molecule has 1 N–H and O–H groups in total. The van der Waals surface area contributed by atoms with Gasteiger partial charge in [-0.2, -0.15) is 0 Å². The summed E-state index contributed by atoms with van der Waals surface area (Å²) in [6.07, 6.45) is 0.940. The Morgan fingerprint density at radius 1 is 1.15 bits per heavy atom. The van der Waals surface area contributed by atoms with Crippen LogP contribution in [-0.2, 0) is 13.0 Å². The third-order valence-corrected chi connectivity index (χ3v) is 3.30. The van der Waals surface area contributed by atoms with E-state index in [0.717, 1.165) is 30.1 Å². The summed E-state index contributed by atoms with van der Waals surface area (Å²) in [5, 5.41) is 3.51. The van der Waals surface area contributed by atoms with Crippen LogP contribution in [0.2, 0.25) is 0 Å². The van der Waals surface area contributed by atoms with E-state index in [0.29, 0.717) is 6.04 Å². The first-order valence-corrected chi connectivity index (χ1v) is 6.97. The first-order chi connectivity index (χ1) is 9.69. The van der Waals surface area contributed by atoms with Crippen LogP contribution in [0.25, 0.3) is 0 Å². The first-order valence-electron chi connectivity index (χ1n) is 6.97. The topological polar surface area (TPSA) is 34.1 Å². The number of benzene rings is 1. The highest BCUT2D eigenvalue weighted by Gasteiger charge is 2.07. The van der Waals surface area contributed by atoms with Crippen LogP contribution in [0.4, 0.5) is 0 Å². The maximum Gasteiger partial charge on any atom is 0.122 e. The van der Waals surface area contributed by atoms with E-state index in [4.69, 9.17) is 4.74 Å². The van der Waals surface area contributed by atoms with Gasteiger partial charge in [0.2, 0.25) is 0 Å². The minimum absolute atomic E-state index is 0.369. The molecule has 1 aromatic carbocycles. The zero-order chi connectivity index (χ0) is 14.4. The monoisotopic (exact) mass is 270 g/mol. The summed E-state index contributed by atoms with van der Waals surface area (Å²) >= 11 is 0. The van der Waals surface area contributed by atoms with Crippen molar-refractivity contribution in [1.82, 2.24) is 10.3 Å². The Balaban J connectivity index is 1.91. The second-order valence-corrected chi connectivity index (χ2v) is 5.07. The van der Waals surface area contributed by atoms with Gasteiger partial charge < -0.3 is 10.1 Å². The summed E-state index contributed by atoms with van der Waals surface area (Å²) < 4.78 is 5.38. The van der Waals surface area contributed by atoms with Gasteiger partial charge in [-0.3, -0.25) is 4.98 Å². The molecule has 0 amide bonds. The molecule has 0 bridgehead atoms. The average Bonchev–Trinajstić information content (AvgIpc) is 2.46. The molecule has 20 heavy (non-hydrogen) atoms. The van der Waals surface area contributed by atoms with Crippen molar-refractivity contribution in [2.45, 2.75) is 32.9 Å². The van der Waals surface area contributed by atoms with E-state index in [9.17, 15) is 0 Å². The third kappa shape index (κ3) is 4.07. The van der Waals surface area contributed by atoms with Crippen molar-refractivity contribution >= 4 is 0 Å². The lowest BCUT2D eigenvalue weighted by atomic mass is 10.1. The van der Waals surface area contributed by atoms with Gasteiger partial charge in [0.05, 0.1) is 12.8 Å². The fraction of sp³-hybridized carbons (Fsp3) is 0.353. The SMILES string of the molecule is COc1ccccc1CC(C)NCc1cccc(C)n1. The lowest BCUT2D eigenvalue weighted by Crippen LogP contribution is -2.28. The summed E-state index contributed by atoms with van der Waals surface area (Å²) in [6, 6.07) is 14.6. The third-order valence-electron chi connectivity index (χ3n) is 3.30. The fourth-order valence-corrected chi connectivity index (χ4v) is 2.25. The van der Waals surface area contributed by atoms with Crippen LogP contribution >= 0.6 is 0 Å². The van der Waals surface area contributed by atoms with Crippen LogP contribution in [0, 0.1) is 6.92 Å². The van der Waals surface area contributed by atoms with Crippen LogP contribution in [0.15, 0.2) is 42.5 Å². The number of nitrogens with zero attached hydrogens (tertiary/aromatic N) is 1. The van der Waals surface area contributed by atoms with Gasteiger partial charge in [-0.1, -0.05) is 24.3 Å². The Kier molecular flexibility index (Phi) is 5.13. The second kappa shape index (κ2) is 7.06. The normalized spacial score (nSPS) is 12.2. The predicted molar refractivity (Wildman–Crippen MR) is 82.0 cm³/mol. The number of nitrogens with one attached hydrogen (secondary N) is 1. The quantitative estimate of drug-likeness (QED) is 0.875. The summed E-state index contributed by atoms with van der Waals surface area (Å²) in [5.74, 6) is 0.954. The molecule has 0 saturated heterocycles. The molecule has 3 heteroatoms. The van der Waals surface area contributed by atoms with Gasteiger partial charge in [0.25, 0.3) is 0 Å². The molecule has 0 aliphatic heterocycles. The van der Waals surface area contributed by atoms with Crippen molar-refractivity contribution in [1.29, 1.82) is 0 Å². The molecule has 1 atom stereocenters. The van der Waals surface area contributed by atoms with Crippen molar-refractivity contribution in [3.8, 4) is 5.75 Å². The first kappa shape index (κ1) is 14.5. The van der Waals surface area contributed by atoms with Gasteiger partial charge in [-0.25, -0.2) is 0 Å². The highest BCUT2D eigenvalue weighted by atomic mass is 16.5. The molecule has 0 aliphatic carbocycles. The number of methoxy groups -OCH3 is 1. The minimum atomic E-state index is 0.369. The number of aromatic nitrogens is 1. The molecule has 2 aromatic rings. The lowest BCUT2D eigenvalue weighted by molar-refractivity contribution is 0.406. The predicted octanol–water partition coefficient (Wildman–Crippen LogP) is 3.12. The zero-order valence-corrected chi connectivity index (χ0v) is 12.4. The molecule has 0 saturated carbocycles. The largest absolute Gasteiger partial charge is 0.496 e. The fourth-order valence-electron chi connectivity index (χ4n) is 2.25. The zero-order valence-electron chi connectivity index (χ0n) is 12.4. The summed E-state index contributed by atoms with van der Waals surface area (Å²) in [5.41, 5.74) is 3.37. The van der Waals surface area contributed by atoms with Crippen LogP contribution in [0.3, 0.4) is 0 Å². The van der Waals surface area contributed by atoms with Gasteiger partial charge in [0, 0.05) is 18.3 Å². The highest BCUT2D eigenvalue weighted by Crippen LogP contribution is 2.18. The molecule has 0 aliphatic rings. The van der Waals surface area contributed by atoms with Crippen molar-refractivity contribution in [3.05, 3.63) is 59.4 Å². The van der Waals surface area contributed by atoms with E-state index in [1.165, 1.54) is 5.56 Å². The Morgan fingerprint density at radius 3 is 2.70 bits per heavy atom. The summed E-state index contributed by atoms with van der Waals surface area (Å²) in [4.78, 5) is 4.50. The van der Waals surface area contributed by atoms with Crippen molar-refractivity contribution in [2.24, 2.45) is 0 Å². The number of hydrogen-bond donors (Lipinski definition) is 1. The number of hydrogen-bond acceptors (Lipinski definition) is 3. The molecule has 0 fully saturated rings. The Morgan fingerprint density at radius 2 is 1.95 bits per heavy atom. The minimum Gasteiger partial charge on any atom is -0.496 e.